The summed E-state index contributed by atoms with van der Waals surface area (Å²) in [6.07, 6.45) is 2.64. The Balaban J connectivity index is 2.21. The molecular weight excluding hydrogens is 270 g/mol. The van der Waals surface area contributed by atoms with E-state index in [-0.39, 0.29) is 12.0 Å². The van der Waals surface area contributed by atoms with E-state index in [4.69, 9.17) is 9.47 Å². The highest BCUT2D eigenvalue weighted by atomic mass is 16.6. The summed E-state index contributed by atoms with van der Waals surface area (Å²) in [5.74, 6) is -0.291. The van der Waals surface area contributed by atoms with E-state index in [1.54, 1.807) is 4.90 Å². The van der Waals surface area contributed by atoms with Crippen molar-refractivity contribution in [3.05, 3.63) is 0 Å². The summed E-state index contributed by atoms with van der Waals surface area (Å²) < 4.78 is 11.1. The van der Waals surface area contributed by atoms with E-state index in [0.717, 1.165) is 12.8 Å². The van der Waals surface area contributed by atoms with Crippen molar-refractivity contribution in [2.75, 3.05) is 0 Å². The number of carbonyl (C=O) groups excluding carboxylic acids is 2. The van der Waals surface area contributed by atoms with E-state index in [2.05, 4.69) is 0 Å². The van der Waals surface area contributed by atoms with Gasteiger partial charge in [-0.2, -0.15) is 0 Å². The van der Waals surface area contributed by atoms with Crippen molar-refractivity contribution in [1.29, 1.82) is 0 Å². The normalized spacial score (nSPS) is 28.7. The summed E-state index contributed by atoms with van der Waals surface area (Å²) in [7, 11) is 0. The Hall–Kier alpha value is -1.26. The summed E-state index contributed by atoms with van der Waals surface area (Å²) in [5.41, 5.74) is -1.93. The molecule has 0 aromatic heterocycles. The minimum absolute atomic E-state index is 0.104. The van der Waals surface area contributed by atoms with Crippen LogP contribution in [-0.2, 0) is 14.3 Å². The van der Waals surface area contributed by atoms with Crippen molar-refractivity contribution in [3.8, 4) is 0 Å². The Kier molecular flexibility index (Phi) is 3.75. The van der Waals surface area contributed by atoms with Gasteiger partial charge < -0.3 is 9.47 Å². The third-order valence-corrected chi connectivity index (χ3v) is 3.98. The number of hydrogen-bond donors (Lipinski definition) is 0. The second-order valence-corrected chi connectivity index (χ2v) is 8.11. The molecule has 2 aliphatic heterocycles. The van der Waals surface area contributed by atoms with E-state index in [1.165, 1.54) is 0 Å². The minimum atomic E-state index is -0.819. The molecule has 0 radical (unpaired) electrons. The smallest absolute Gasteiger partial charge is 0.411 e. The predicted octanol–water partition coefficient (Wildman–Crippen LogP) is 3.26. The van der Waals surface area contributed by atoms with E-state index in [0.29, 0.717) is 12.8 Å². The van der Waals surface area contributed by atoms with Crippen LogP contribution in [0.15, 0.2) is 0 Å². The lowest BCUT2D eigenvalue weighted by molar-refractivity contribution is -0.167. The molecule has 120 valence electrons. The molecule has 2 rings (SSSR count). The number of esters is 1. The molecule has 2 fully saturated rings. The molecule has 0 atom stereocenters. The van der Waals surface area contributed by atoms with Gasteiger partial charge >= 0.3 is 12.1 Å². The molecule has 2 saturated heterocycles. The van der Waals surface area contributed by atoms with Gasteiger partial charge in [-0.3, -0.25) is 4.90 Å². The highest BCUT2D eigenvalue weighted by Gasteiger charge is 2.60. The van der Waals surface area contributed by atoms with Gasteiger partial charge in [-0.15, -0.1) is 0 Å². The van der Waals surface area contributed by atoms with Gasteiger partial charge in [0.2, 0.25) is 0 Å². The largest absolute Gasteiger partial charge is 0.458 e. The predicted molar refractivity (Wildman–Crippen MR) is 78.9 cm³/mol. The Morgan fingerprint density at radius 2 is 1.43 bits per heavy atom. The highest BCUT2D eigenvalue weighted by molar-refractivity contribution is 5.88. The summed E-state index contributed by atoms with van der Waals surface area (Å²) >= 11 is 0. The first-order chi connectivity index (χ1) is 9.45. The summed E-state index contributed by atoms with van der Waals surface area (Å²) in [5, 5.41) is 0. The third kappa shape index (κ3) is 3.16. The van der Waals surface area contributed by atoms with Crippen LogP contribution in [0.4, 0.5) is 4.79 Å². The summed E-state index contributed by atoms with van der Waals surface area (Å²) in [6.45, 7) is 11.1. The lowest BCUT2D eigenvalue weighted by atomic mass is 9.87. The van der Waals surface area contributed by atoms with Crippen LogP contribution in [0.1, 0.15) is 67.2 Å². The molecule has 5 heteroatoms. The maximum atomic E-state index is 12.6. The van der Waals surface area contributed by atoms with Gasteiger partial charge in [0.15, 0.2) is 0 Å². The second-order valence-electron chi connectivity index (χ2n) is 8.11. The molecule has 0 spiro atoms. The quantitative estimate of drug-likeness (QED) is 0.697. The fourth-order valence-corrected chi connectivity index (χ4v) is 3.24. The van der Waals surface area contributed by atoms with Gasteiger partial charge in [0.05, 0.1) is 0 Å². The first kappa shape index (κ1) is 16.1. The average Bonchev–Trinajstić information content (AvgIpc) is 2.80. The fourth-order valence-electron chi connectivity index (χ4n) is 3.24. The number of amides is 1. The van der Waals surface area contributed by atoms with E-state index in [1.807, 2.05) is 41.5 Å². The lowest BCUT2D eigenvalue weighted by Gasteiger charge is -2.36. The third-order valence-electron chi connectivity index (χ3n) is 3.98. The lowest BCUT2D eigenvalue weighted by Crippen LogP contribution is -2.54. The number of nitrogens with zero attached hydrogens (tertiary/aromatic N) is 1. The Morgan fingerprint density at radius 1 is 0.952 bits per heavy atom. The van der Waals surface area contributed by atoms with Gasteiger partial charge in [0.1, 0.15) is 16.7 Å². The van der Waals surface area contributed by atoms with Gasteiger partial charge in [0, 0.05) is 6.04 Å². The fraction of sp³-hybridized carbons (Fsp3) is 0.875. The van der Waals surface area contributed by atoms with Crippen molar-refractivity contribution >= 4 is 12.1 Å². The van der Waals surface area contributed by atoms with Gasteiger partial charge in [-0.05, 0) is 67.2 Å². The van der Waals surface area contributed by atoms with Gasteiger partial charge in [-0.1, -0.05) is 0 Å². The molecule has 2 heterocycles. The summed E-state index contributed by atoms with van der Waals surface area (Å²) in [4.78, 5) is 26.8. The topological polar surface area (TPSA) is 55.8 Å². The molecule has 2 aliphatic rings. The molecule has 0 aliphatic carbocycles. The van der Waals surface area contributed by atoms with Crippen LogP contribution in [0, 0.1) is 0 Å². The van der Waals surface area contributed by atoms with Crippen molar-refractivity contribution in [3.63, 3.8) is 0 Å². The Bertz CT molecular complexity index is 436. The van der Waals surface area contributed by atoms with Gasteiger partial charge in [-0.25, -0.2) is 9.59 Å². The number of hydrogen-bond acceptors (Lipinski definition) is 4. The number of fused-ring (bicyclic) bond motifs is 2. The van der Waals surface area contributed by atoms with Crippen LogP contribution < -0.4 is 0 Å². The summed E-state index contributed by atoms with van der Waals surface area (Å²) in [6, 6.07) is 0.104. The molecule has 0 N–H and O–H groups in total. The van der Waals surface area contributed by atoms with Crippen LogP contribution in [0.5, 0.6) is 0 Å². The Labute approximate surface area is 127 Å². The molecule has 21 heavy (non-hydrogen) atoms. The standard InChI is InChI=1S/C16H27NO4/c1-14(2,3)20-12(18)16-9-7-11(8-10-16)17(16)13(19)21-15(4,5)6/h11H,7-10H2,1-6H3. The first-order valence-corrected chi connectivity index (χ1v) is 7.70. The zero-order chi connectivity index (χ0) is 16.1. The van der Waals surface area contributed by atoms with Crippen LogP contribution in [0.3, 0.4) is 0 Å². The number of carbonyl (C=O) groups is 2. The zero-order valence-electron chi connectivity index (χ0n) is 14.0. The monoisotopic (exact) mass is 297 g/mol. The van der Waals surface area contributed by atoms with E-state index >= 15 is 0 Å². The average molecular weight is 297 g/mol. The molecule has 2 bridgehead atoms. The van der Waals surface area contributed by atoms with Crippen molar-refractivity contribution in [2.24, 2.45) is 0 Å². The molecule has 0 aromatic rings. The number of rotatable bonds is 1. The molecule has 0 unspecified atom stereocenters. The molecule has 0 saturated carbocycles. The highest BCUT2D eigenvalue weighted by Crippen LogP contribution is 2.48. The van der Waals surface area contributed by atoms with Gasteiger partial charge in [0.25, 0.3) is 0 Å². The maximum absolute atomic E-state index is 12.6. The minimum Gasteiger partial charge on any atom is -0.458 e. The first-order valence-electron chi connectivity index (χ1n) is 7.70. The van der Waals surface area contributed by atoms with Crippen LogP contribution in [0.2, 0.25) is 0 Å². The van der Waals surface area contributed by atoms with Crippen LogP contribution in [-0.4, -0.2) is 39.7 Å². The molecule has 0 aromatic carbocycles. The number of ether oxygens (including phenoxy) is 2. The molecule has 5 nitrogen and oxygen atoms in total. The van der Waals surface area contributed by atoms with Crippen LogP contribution in [0.25, 0.3) is 0 Å². The van der Waals surface area contributed by atoms with E-state index in [9.17, 15) is 9.59 Å². The Morgan fingerprint density at radius 3 is 1.86 bits per heavy atom. The van der Waals surface area contributed by atoms with Crippen molar-refractivity contribution in [2.45, 2.75) is 90.0 Å². The molecule has 1 amide bonds. The molecular formula is C16H27NO4. The van der Waals surface area contributed by atoms with Crippen molar-refractivity contribution < 1.29 is 19.1 Å². The van der Waals surface area contributed by atoms with Crippen molar-refractivity contribution in [1.82, 2.24) is 4.90 Å². The SMILES string of the molecule is CC(C)(C)OC(=O)N1C2CCC1(C(=O)OC(C)(C)C)CC2. The maximum Gasteiger partial charge on any atom is 0.411 e. The van der Waals surface area contributed by atoms with E-state index < -0.39 is 22.8 Å². The van der Waals surface area contributed by atoms with Crippen LogP contribution >= 0.6 is 0 Å². The second kappa shape index (κ2) is 4.89. The zero-order valence-corrected chi connectivity index (χ0v) is 14.0.